The van der Waals surface area contributed by atoms with E-state index in [1.165, 1.54) is 21.7 Å². The molecule has 0 radical (unpaired) electrons. The Balaban J connectivity index is 1.62. The van der Waals surface area contributed by atoms with Gasteiger partial charge < -0.3 is 4.90 Å². The fourth-order valence-electron chi connectivity index (χ4n) is 2.75. The zero-order chi connectivity index (χ0) is 13.9. The van der Waals surface area contributed by atoms with Gasteiger partial charge in [0.1, 0.15) is 0 Å². The van der Waals surface area contributed by atoms with Gasteiger partial charge in [-0.3, -0.25) is 9.88 Å². The second kappa shape index (κ2) is 5.94. The number of aromatic nitrogens is 1. The van der Waals surface area contributed by atoms with Gasteiger partial charge in [-0.25, -0.2) is 0 Å². The van der Waals surface area contributed by atoms with Crippen molar-refractivity contribution < 1.29 is 0 Å². The quantitative estimate of drug-likeness (QED) is 0.865. The summed E-state index contributed by atoms with van der Waals surface area (Å²) in [4.78, 5) is 10.6. The molecule has 1 fully saturated rings. The van der Waals surface area contributed by atoms with Gasteiger partial charge in [0.05, 0.1) is 5.51 Å². The van der Waals surface area contributed by atoms with Crippen LogP contribution in [0, 0.1) is 13.8 Å². The summed E-state index contributed by atoms with van der Waals surface area (Å²) in [7, 11) is 0. The first-order chi connectivity index (χ1) is 9.72. The molecular formula is C16H21N3S. The first-order valence-electron chi connectivity index (χ1n) is 7.14. The van der Waals surface area contributed by atoms with E-state index in [2.05, 4.69) is 46.8 Å². The molecular weight excluding hydrogens is 266 g/mol. The first-order valence-corrected chi connectivity index (χ1v) is 8.02. The molecule has 1 aromatic carbocycles. The van der Waals surface area contributed by atoms with Crippen molar-refractivity contribution in [3.8, 4) is 0 Å². The van der Waals surface area contributed by atoms with Crippen LogP contribution in [0.4, 0.5) is 5.69 Å². The van der Waals surface area contributed by atoms with Gasteiger partial charge in [-0.1, -0.05) is 12.1 Å². The Morgan fingerprint density at radius 1 is 1.15 bits per heavy atom. The number of anilines is 1. The number of piperazine rings is 1. The van der Waals surface area contributed by atoms with Crippen molar-refractivity contribution >= 4 is 17.0 Å². The van der Waals surface area contributed by atoms with E-state index in [9.17, 15) is 0 Å². The van der Waals surface area contributed by atoms with Crippen LogP contribution in [0.2, 0.25) is 0 Å². The molecule has 0 aliphatic carbocycles. The molecule has 2 heterocycles. The maximum atomic E-state index is 4.15. The summed E-state index contributed by atoms with van der Waals surface area (Å²) in [6, 6.07) is 6.74. The molecule has 106 valence electrons. The Kier molecular flexibility index (Phi) is 4.03. The van der Waals surface area contributed by atoms with Crippen molar-refractivity contribution in [1.82, 2.24) is 9.88 Å². The van der Waals surface area contributed by atoms with Gasteiger partial charge in [-0.2, -0.15) is 0 Å². The van der Waals surface area contributed by atoms with E-state index in [1.54, 1.807) is 11.3 Å². The Hall–Kier alpha value is -1.39. The highest BCUT2D eigenvalue weighted by Gasteiger charge is 2.18. The maximum absolute atomic E-state index is 4.15. The third-order valence-corrected chi connectivity index (χ3v) is 4.70. The number of nitrogens with zero attached hydrogens (tertiary/aromatic N) is 3. The summed E-state index contributed by atoms with van der Waals surface area (Å²) in [6.07, 6.45) is 1.99. The van der Waals surface area contributed by atoms with Crippen LogP contribution in [0.3, 0.4) is 0 Å². The number of benzene rings is 1. The molecule has 2 aromatic rings. The molecule has 1 aliphatic rings. The fraction of sp³-hybridized carbons (Fsp3) is 0.438. The maximum Gasteiger partial charge on any atom is 0.0794 e. The Labute approximate surface area is 124 Å². The van der Waals surface area contributed by atoms with Crippen molar-refractivity contribution in [2.75, 3.05) is 31.1 Å². The smallest absolute Gasteiger partial charge is 0.0794 e. The molecule has 3 rings (SSSR count). The van der Waals surface area contributed by atoms with E-state index >= 15 is 0 Å². The minimum Gasteiger partial charge on any atom is -0.369 e. The summed E-state index contributed by atoms with van der Waals surface area (Å²) in [6.45, 7) is 9.91. The van der Waals surface area contributed by atoms with Crippen molar-refractivity contribution in [2.45, 2.75) is 20.4 Å². The number of thiazole rings is 1. The number of aryl methyl sites for hydroxylation is 2. The predicted molar refractivity (Wildman–Crippen MR) is 85.5 cm³/mol. The van der Waals surface area contributed by atoms with E-state index in [0.29, 0.717) is 0 Å². The van der Waals surface area contributed by atoms with E-state index in [0.717, 1.165) is 32.7 Å². The summed E-state index contributed by atoms with van der Waals surface area (Å²) in [5, 5.41) is 0. The highest BCUT2D eigenvalue weighted by atomic mass is 32.1. The molecule has 0 unspecified atom stereocenters. The van der Waals surface area contributed by atoms with E-state index in [1.807, 2.05) is 11.7 Å². The second-order valence-corrected chi connectivity index (χ2v) is 6.49. The van der Waals surface area contributed by atoms with Crippen molar-refractivity contribution in [1.29, 1.82) is 0 Å². The van der Waals surface area contributed by atoms with Crippen LogP contribution in [-0.2, 0) is 6.54 Å². The molecule has 0 N–H and O–H groups in total. The monoisotopic (exact) mass is 287 g/mol. The lowest BCUT2D eigenvalue weighted by Crippen LogP contribution is -2.46. The molecule has 1 aliphatic heterocycles. The van der Waals surface area contributed by atoms with Gasteiger partial charge in [0.2, 0.25) is 0 Å². The van der Waals surface area contributed by atoms with Crippen molar-refractivity contribution in [3.05, 3.63) is 45.9 Å². The third-order valence-electron chi connectivity index (χ3n) is 3.94. The van der Waals surface area contributed by atoms with Crippen LogP contribution in [0.5, 0.6) is 0 Å². The molecule has 3 nitrogen and oxygen atoms in total. The van der Waals surface area contributed by atoms with E-state index in [4.69, 9.17) is 0 Å². The van der Waals surface area contributed by atoms with Crippen LogP contribution in [0.1, 0.15) is 16.0 Å². The average Bonchev–Trinajstić information content (AvgIpc) is 2.95. The highest BCUT2D eigenvalue weighted by molar-refractivity contribution is 7.09. The summed E-state index contributed by atoms with van der Waals surface area (Å²) in [5.41, 5.74) is 6.05. The van der Waals surface area contributed by atoms with E-state index < -0.39 is 0 Å². The molecule has 20 heavy (non-hydrogen) atoms. The Bertz CT molecular complexity index is 557. The number of hydrogen-bond acceptors (Lipinski definition) is 4. The highest BCUT2D eigenvalue weighted by Crippen LogP contribution is 2.23. The van der Waals surface area contributed by atoms with Gasteiger partial charge in [0, 0.05) is 49.5 Å². The van der Waals surface area contributed by atoms with Crippen molar-refractivity contribution in [3.63, 3.8) is 0 Å². The third kappa shape index (κ3) is 3.02. The lowest BCUT2D eigenvalue weighted by Gasteiger charge is -2.36. The van der Waals surface area contributed by atoms with Gasteiger partial charge in [0.15, 0.2) is 0 Å². The predicted octanol–water partition coefficient (Wildman–Crippen LogP) is 3.08. The van der Waals surface area contributed by atoms with Gasteiger partial charge in [0.25, 0.3) is 0 Å². The minimum absolute atomic E-state index is 1.05. The molecule has 1 saturated heterocycles. The van der Waals surface area contributed by atoms with Gasteiger partial charge >= 0.3 is 0 Å². The molecule has 4 heteroatoms. The van der Waals surface area contributed by atoms with Crippen LogP contribution in [-0.4, -0.2) is 36.1 Å². The zero-order valence-electron chi connectivity index (χ0n) is 12.2. The summed E-state index contributed by atoms with van der Waals surface area (Å²) < 4.78 is 0. The molecule has 0 saturated carbocycles. The SMILES string of the molecule is Cc1ccc(C)c(N2CCN(Cc3cncs3)CC2)c1. The molecule has 0 amide bonds. The summed E-state index contributed by atoms with van der Waals surface area (Å²) in [5.74, 6) is 0. The number of hydrogen-bond donors (Lipinski definition) is 0. The lowest BCUT2D eigenvalue weighted by atomic mass is 10.1. The molecule has 0 atom stereocenters. The Morgan fingerprint density at radius 2 is 1.95 bits per heavy atom. The van der Waals surface area contributed by atoms with Crippen LogP contribution < -0.4 is 4.90 Å². The first kappa shape index (κ1) is 13.6. The molecule has 0 spiro atoms. The van der Waals surface area contributed by atoms with Crippen LogP contribution >= 0.6 is 11.3 Å². The molecule has 0 bridgehead atoms. The summed E-state index contributed by atoms with van der Waals surface area (Å²) >= 11 is 1.75. The average molecular weight is 287 g/mol. The minimum atomic E-state index is 1.05. The van der Waals surface area contributed by atoms with Crippen LogP contribution in [0.25, 0.3) is 0 Å². The normalized spacial score (nSPS) is 16.6. The number of rotatable bonds is 3. The topological polar surface area (TPSA) is 19.4 Å². The Morgan fingerprint density at radius 3 is 2.65 bits per heavy atom. The molecule has 1 aromatic heterocycles. The standard InChI is InChI=1S/C16H21N3S/c1-13-3-4-14(2)16(9-13)19-7-5-18(6-8-19)11-15-10-17-12-20-15/h3-4,9-10,12H,5-8,11H2,1-2H3. The zero-order valence-corrected chi connectivity index (χ0v) is 13.0. The largest absolute Gasteiger partial charge is 0.369 e. The lowest BCUT2D eigenvalue weighted by molar-refractivity contribution is 0.251. The van der Waals surface area contributed by atoms with Crippen molar-refractivity contribution in [2.24, 2.45) is 0 Å². The second-order valence-electron chi connectivity index (χ2n) is 5.52. The van der Waals surface area contributed by atoms with Gasteiger partial charge in [-0.05, 0) is 31.0 Å². The van der Waals surface area contributed by atoms with Gasteiger partial charge in [-0.15, -0.1) is 11.3 Å². The van der Waals surface area contributed by atoms with Crippen LogP contribution in [0.15, 0.2) is 29.9 Å². The fourth-order valence-corrected chi connectivity index (χ4v) is 3.38. The van der Waals surface area contributed by atoms with E-state index in [-0.39, 0.29) is 0 Å².